The number of nitrogens with one attached hydrogen (secondary N) is 1. The van der Waals surface area contributed by atoms with Crippen molar-refractivity contribution in [3.05, 3.63) is 70.4 Å². The van der Waals surface area contributed by atoms with Crippen molar-refractivity contribution >= 4 is 28.0 Å². The molecule has 0 unspecified atom stereocenters. The second kappa shape index (κ2) is 8.65. The summed E-state index contributed by atoms with van der Waals surface area (Å²) in [4.78, 5) is 16.3. The van der Waals surface area contributed by atoms with Crippen molar-refractivity contribution in [2.24, 2.45) is 0 Å². The molecule has 0 radical (unpaired) electrons. The summed E-state index contributed by atoms with van der Waals surface area (Å²) in [6, 6.07) is 18.9. The Morgan fingerprint density at radius 3 is 2.67 bits per heavy atom. The molecule has 27 heavy (non-hydrogen) atoms. The van der Waals surface area contributed by atoms with E-state index in [1.54, 1.807) is 11.3 Å². The van der Waals surface area contributed by atoms with E-state index in [9.17, 15) is 4.79 Å². The van der Waals surface area contributed by atoms with Crippen molar-refractivity contribution in [2.45, 2.75) is 12.5 Å². The molecule has 0 bridgehead atoms. The number of hydrogen-bond acceptors (Lipinski definition) is 4. The van der Waals surface area contributed by atoms with Gasteiger partial charge in [-0.3, -0.25) is 9.69 Å². The van der Waals surface area contributed by atoms with Gasteiger partial charge in [0.2, 0.25) is 5.91 Å². The number of nitrogens with zero attached hydrogens (tertiary/aromatic N) is 1. The zero-order valence-corrected chi connectivity index (χ0v) is 16.1. The molecule has 0 saturated carbocycles. The van der Waals surface area contributed by atoms with E-state index in [1.807, 2.05) is 18.2 Å². The van der Waals surface area contributed by atoms with Crippen LogP contribution in [0.4, 0.5) is 0 Å². The van der Waals surface area contributed by atoms with Gasteiger partial charge in [-0.25, -0.2) is 0 Å². The number of amides is 1. The van der Waals surface area contributed by atoms with E-state index >= 15 is 0 Å². The Hall–Kier alpha value is -2.21. The summed E-state index contributed by atoms with van der Waals surface area (Å²) in [5.41, 5.74) is 1.05. The van der Waals surface area contributed by atoms with Crippen LogP contribution in [-0.2, 0) is 16.0 Å². The lowest BCUT2D eigenvalue weighted by atomic mass is 10.0. The Morgan fingerprint density at radius 1 is 1.07 bits per heavy atom. The minimum absolute atomic E-state index is 0.0695. The molecule has 1 aliphatic heterocycles. The van der Waals surface area contributed by atoms with Gasteiger partial charge in [-0.1, -0.05) is 48.5 Å². The number of fused-ring (bicyclic) bond motifs is 1. The summed E-state index contributed by atoms with van der Waals surface area (Å²) in [7, 11) is 0. The predicted octanol–water partition coefficient (Wildman–Crippen LogP) is 3.63. The van der Waals surface area contributed by atoms with Crippen LogP contribution in [-0.4, -0.2) is 43.7 Å². The highest BCUT2D eigenvalue weighted by Crippen LogP contribution is 2.25. The van der Waals surface area contributed by atoms with Gasteiger partial charge in [-0.05, 0) is 27.8 Å². The highest BCUT2D eigenvalue weighted by atomic mass is 32.1. The first-order valence-corrected chi connectivity index (χ1v) is 10.3. The number of carbonyl (C=O) groups is 1. The molecule has 3 aromatic rings. The average molecular weight is 381 g/mol. The molecule has 1 aromatic heterocycles. The number of hydrogen-bond donors (Lipinski definition) is 1. The van der Waals surface area contributed by atoms with Gasteiger partial charge in [-0.2, -0.15) is 0 Å². The Bertz CT molecular complexity index is 888. The first-order valence-electron chi connectivity index (χ1n) is 9.39. The minimum Gasteiger partial charge on any atom is -0.379 e. The van der Waals surface area contributed by atoms with Crippen LogP contribution in [0.15, 0.2) is 60.0 Å². The standard InChI is InChI=1S/C22H24N2O2S/c25-22(15-17-7-8-18-4-1-2-5-19(18)14-17)23-16-20(21-6-3-13-27-21)24-9-11-26-12-10-24/h1-8,13-14,20H,9-12,15-16H2,(H,23,25)/t20-/m1/s1. The number of benzene rings is 2. The maximum atomic E-state index is 12.6. The summed E-state index contributed by atoms with van der Waals surface area (Å²) >= 11 is 1.75. The zero-order valence-electron chi connectivity index (χ0n) is 15.3. The Labute approximate surface area is 163 Å². The van der Waals surface area contributed by atoms with E-state index in [-0.39, 0.29) is 11.9 Å². The molecular formula is C22H24N2O2S. The third-order valence-electron chi connectivity index (χ3n) is 5.03. The number of thiophene rings is 1. The van der Waals surface area contributed by atoms with Crippen molar-refractivity contribution < 1.29 is 9.53 Å². The third kappa shape index (κ3) is 4.56. The van der Waals surface area contributed by atoms with E-state index in [4.69, 9.17) is 4.74 Å². The third-order valence-corrected chi connectivity index (χ3v) is 6.00. The summed E-state index contributed by atoms with van der Waals surface area (Å²) in [5, 5.41) is 7.62. The molecule has 0 spiro atoms. The zero-order chi connectivity index (χ0) is 18.5. The second-order valence-electron chi connectivity index (χ2n) is 6.84. The summed E-state index contributed by atoms with van der Waals surface area (Å²) in [6.45, 7) is 3.96. The Morgan fingerprint density at radius 2 is 1.89 bits per heavy atom. The molecule has 1 aliphatic rings. The van der Waals surface area contributed by atoms with Crippen molar-refractivity contribution in [1.82, 2.24) is 10.2 Å². The van der Waals surface area contributed by atoms with E-state index in [0.717, 1.165) is 31.9 Å². The summed E-state index contributed by atoms with van der Waals surface area (Å²) < 4.78 is 5.48. The van der Waals surface area contributed by atoms with Gasteiger partial charge in [0.05, 0.1) is 25.7 Å². The smallest absolute Gasteiger partial charge is 0.224 e. The Balaban J connectivity index is 1.39. The maximum absolute atomic E-state index is 12.6. The fourth-order valence-corrected chi connectivity index (χ4v) is 4.45. The van der Waals surface area contributed by atoms with Gasteiger partial charge in [0.15, 0.2) is 0 Å². The largest absolute Gasteiger partial charge is 0.379 e. The van der Waals surface area contributed by atoms with E-state index in [2.05, 4.69) is 52.0 Å². The number of ether oxygens (including phenoxy) is 1. The number of morpholine rings is 1. The fourth-order valence-electron chi connectivity index (χ4n) is 3.59. The first-order chi connectivity index (χ1) is 13.3. The van der Waals surface area contributed by atoms with Crippen LogP contribution >= 0.6 is 11.3 Å². The molecule has 1 fully saturated rings. The average Bonchev–Trinajstić information content (AvgIpc) is 3.23. The lowest BCUT2D eigenvalue weighted by Crippen LogP contribution is -2.43. The van der Waals surface area contributed by atoms with E-state index < -0.39 is 0 Å². The van der Waals surface area contributed by atoms with Crippen LogP contribution in [0.1, 0.15) is 16.5 Å². The fraction of sp³-hybridized carbons (Fsp3) is 0.318. The topological polar surface area (TPSA) is 41.6 Å². The highest BCUT2D eigenvalue weighted by molar-refractivity contribution is 7.10. The SMILES string of the molecule is O=C(Cc1ccc2ccccc2c1)NC[C@H](c1cccs1)N1CCOCC1. The van der Waals surface area contributed by atoms with Crippen molar-refractivity contribution in [2.75, 3.05) is 32.8 Å². The molecule has 1 N–H and O–H groups in total. The highest BCUT2D eigenvalue weighted by Gasteiger charge is 2.23. The van der Waals surface area contributed by atoms with Crippen molar-refractivity contribution in [3.63, 3.8) is 0 Å². The molecule has 1 amide bonds. The van der Waals surface area contributed by atoms with Crippen molar-refractivity contribution in [3.8, 4) is 0 Å². The molecule has 4 nitrogen and oxygen atoms in total. The number of rotatable bonds is 6. The summed E-state index contributed by atoms with van der Waals surface area (Å²) in [5.74, 6) is 0.0695. The van der Waals surface area contributed by atoms with Crippen LogP contribution in [0.3, 0.4) is 0 Å². The van der Waals surface area contributed by atoms with Gasteiger partial charge in [0, 0.05) is 24.5 Å². The van der Waals surface area contributed by atoms with Gasteiger partial charge < -0.3 is 10.1 Å². The molecule has 1 saturated heterocycles. The van der Waals surface area contributed by atoms with Gasteiger partial charge >= 0.3 is 0 Å². The van der Waals surface area contributed by atoms with Gasteiger partial charge in [0.25, 0.3) is 0 Å². The monoisotopic (exact) mass is 380 g/mol. The molecule has 140 valence electrons. The first kappa shape index (κ1) is 18.2. The van der Waals surface area contributed by atoms with Gasteiger partial charge in [0.1, 0.15) is 0 Å². The minimum atomic E-state index is 0.0695. The van der Waals surface area contributed by atoms with Crippen LogP contribution in [0.25, 0.3) is 10.8 Å². The second-order valence-corrected chi connectivity index (χ2v) is 7.82. The molecule has 2 heterocycles. The van der Waals surface area contributed by atoms with Crippen LogP contribution in [0.2, 0.25) is 0 Å². The van der Waals surface area contributed by atoms with Crippen LogP contribution < -0.4 is 5.32 Å². The van der Waals surface area contributed by atoms with Crippen LogP contribution in [0.5, 0.6) is 0 Å². The van der Waals surface area contributed by atoms with Crippen molar-refractivity contribution in [1.29, 1.82) is 0 Å². The lowest BCUT2D eigenvalue weighted by Gasteiger charge is -2.34. The van der Waals surface area contributed by atoms with Crippen LogP contribution in [0, 0.1) is 0 Å². The molecule has 5 heteroatoms. The maximum Gasteiger partial charge on any atom is 0.224 e. The molecule has 0 aliphatic carbocycles. The van der Waals surface area contributed by atoms with E-state index in [1.165, 1.54) is 15.6 Å². The van der Waals surface area contributed by atoms with E-state index in [0.29, 0.717) is 13.0 Å². The molecule has 1 atom stereocenters. The quantitative estimate of drug-likeness (QED) is 0.710. The Kier molecular flexibility index (Phi) is 5.82. The molecule has 4 rings (SSSR count). The predicted molar refractivity (Wildman–Crippen MR) is 110 cm³/mol. The lowest BCUT2D eigenvalue weighted by molar-refractivity contribution is -0.120. The molecule has 2 aromatic carbocycles. The molecular weight excluding hydrogens is 356 g/mol. The van der Waals surface area contributed by atoms with Gasteiger partial charge in [-0.15, -0.1) is 11.3 Å². The normalized spacial score (nSPS) is 16.3. The number of carbonyl (C=O) groups excluding carboxylic acids is 1. The summed E-state index contributed by atoms with van der Waals surface area (Å²) in [6.07, 6.45) is 0.408.